The lowest BCUT2D eigenvalue weighted by atomic mass is 10.2. The van der Waals surface area contributed by atoms with Crippen LogP contribution in [0.4, 0.5) is 5.69 Å². The molecule has 0 fully saturated rings. The summed E-state index contributed by atoms with van der Waals surface area (Å²) in [5.74, 6) is 0.841. The minimum Gasteiger partial charge on any atom is -0.372 e. The highest BCUT2D eigenvalue weighted by Gasteiger charge is 2.06. The fourth-order valence-electron chi connectivity index (χ4n) is 2.71. The monoisotopic (exact) mass is 487 g/mol. The topological polar surface area (TPSA) is 52.5 Å². The molecule has 2 N–H and O–H groups in total. The van der Waals surface area contributed by atoms with Gasteiger partial charge in [-0.15, -0.1) is 35.3 Å². The van der Waals surface area contributed by atoms with Gasteiger partial charge in [0.2, 0.25) is 0 Å². The van der Waals surface area contributed by atoms with E-state index in [4.69, 9.17) is 0 Å². The van der Waals surface area contributed by atoms with E-state index in [2.05, 4.69) is 69.7 Å². The van der Waals surface area contributed by atoms with Crippen molar-refractivity contribution < 1.29 is 0 Å². The van der Waals surface area contributed by atoms with Gasteiger partial charge in [0.1, 0.15) is 0 Å². The van der Waals surface area contributed by atoms with Crippen LogP contribution in [0.25, 0.3) is 0 Å². The van der Waals surface area contributed by atoms with E-state index in [0.717, 1.165) is 49.3 Å². The van der Waals surface area contributed by atoms with E-state index in [1.807, 2.05) is 14.0 Å². The molecule has 0 amide bonds. The molecular weight excluding hydrogens is 457 g/mol. The van der Waals surface area contributed by atoms with E-state index >= 15 is 0 Å². The Hall–Kier alpha value is -1.35. The van der Waals surface area contributed by atoms with E-state index in [-0.39, 0.29) is 24.0 Å². The van der Waals surface area contributed by atoms with Crippen molar-refractivity contribution in [2.24, 2.45) is 4.99 Å². The molecule has 1 aromatic heterocycles. The summed E-state index contributed by atoms with van der Waals surface area (Å²) in [5.41, 5.74) is 2.38. The molecule has 26 heavy (non-hydrogen) atoms. The van der Waals surface area contributed by atoms with Crippen molar-refractivity contribution in [2.45, 2.75) is 33.7 Å². The van der Waals surface area contributed by atoms with Crippen LogP contribution in [-0.4, -0.2) is 37.6 Å². The van der Waals surface area contributed by atoms with Gasteiger partial charge in [-0.1, -0.05) is 18.2 Å². The van der Waals surface area contributed by atoms with E-state index in [1.165, 1.54) is 10.6 Å². The van der Waals surface area contributed by atoms with E-state index < -0.39 is 0 Å². The molecule has 0 aliphatic rings. The van der Waals surface area contributed by atoms with Crippen LogP contribution in [-0.2, 0) is 6.54 Å². The number of benzene rings is 1. The number of anilines is 1. The quantitative estimate of drug-likeness (QED) is 0.256. The summed E-state index contributed by atoms with van der Waals surface area (Å²) in [5, 5.41) is 7.87. The Labute approximate surface area is 178 Å². The summed E-state index contributed by atoms with van der Waals surface area (Å²) < 4.78 is 0. The first-order chi connectivity index (χ1) is 12.1. The maximum absolute atomic E-state index is 4.46. The highest BCUT2D eigenvalue weighted by molar-refractivity contribution is 14.0. The van der Waals surface area contributed by atoms with Crippen molar-refractivity contribution in [1.82, 2.24) is 15.6 Å². The SMILES string of the molecule is CCN(CCCNC(=NC)NCc1sc(C)nc1C)c1ccccc1.I. The fourth-order valence-corrected chi connectivity index (χ4v) is 3.58. The first-order valence-electron chi connectivity index (χ1n) is 8.81. The van der Waals surface area contributed by atoms with Gasteiger partial charge in [-0.2, -0.15) is 0 Å². The van der Waals surface area contributed by atoms with Gasteiger partial charge in [0.15, 0.2) is 5.96 Å². The molecule has 0 saturated heterocycles. The number of thiazole rings is 1. The van der Waals surface area contributed by atoms with Gasteiger partial charge in [-0.3, -0.25) is 4.99 Å². The maximum atomic E-state index is 4.46. The molecule has 144 valence electrons. The molecule has 2 rings (SSSR count). The minimum absolute atomic E-state index is 0. The average Bonchev–Trinajstić information content (AvgIpc) is 2.95. The number of hydrogen-bond donors (Lipinski definition) is 2. The molecule has 0 unspecified atom stereocenters. The van der Waals surface area contributed by atoms with Crippen molar-refractivity contribution in [2.75, 3.05) is 31.6 Å². The summed E-state index contributed by atoms with van der Waals surface area (Å²) in [4.78, 5) is 12.4. The summed E-state index contributed by atoms with van der Waals surface area (Å²) >= 11 is 1.74. The number of nitrogens with zero attached hydrogens (tertiary/aromatic N) is 3. The second-order valence-corrected chi connectivity index (χ2v) is 7.15. The van der Waals surface area contributed by atoms with Gasteiger partial charge in [0, 0.05) is 37.2 Å². The third-order valence-electron chi connectivity index (χ3n) is 4.04. The number of guanidine groups is 1. The molecule has 5 nitrogen and oxygen atoms in total. The van der Waals surface area contributed by atoms with Gasteiger partial charge >= 0.3 is 0 Å². The molecule has 0 aliphatic carbocycles. The predicted octanol–water partition coefficient (Wildman–Crippen LogP) is 3.96. The second kappa shape index (κ2) is 12.1. The zero-order valence-electron chi connectivity index (χ0n) is 16.1. The number of halogens is 1. The molecule has 0 atom stereocenters. The number of rotatable bonds is 8. The van der Waals surface area contributed by atoms with Gasteiger partial charge in [-0.05, 0) is 39.3 Å². The molecular formula is C19H30IN5S. The highest BCUT2D eigenvalue weighted by Crippen LogP contribution is 2.16. The van der Waals surface area contributed by atoms with Crippen molar-refractivity contribution >= 4 is 47.0 Å². The van der Waals surface area contributed by atoms with Gasteiger partial charge in [0.25, 0.3) is 0 Å². The normalized spacial score (nSPS) is 11.0. The van der Waals surface area contributed by atoms with Crippen molar-refractivity contribution in [3.63, 3.8) is 0 Å². The van der Waals surface area contributed by atoms with Crippen LogP contribution in [0.1, 0.15) is 28.9 Å². The molecule has 0 aliphatic heterocycles. The van der Waals surface area contributed by atoms with Crippen LogP contribution < -0.4 is 15.5 Å². The fraction of sp³-hybridized carbons (Fsp3) is 0.474. The van der Waals surface area contributed by atoms with Crippen LogP contribution >= 0.6 is 35.3 Å². The Morgan fingerprint density at radius 3 is 2.50 bits per heavy atom. The molecule has 1 heterocycles. The summed E-state index contributed by atoms with van der Waals surface area (Å²) in [6, 6.07) is 10.6. The third kappa shape index (κ3) is 7.11. The van der Waals surface area contributed by atoms with Crippen LogP contribution in [0.15, 0.2) is 35.3 Å². The number of hydrogen-bond acceptors (Lipinski definition) is 4. The molecule has 7 heteroatoms. The van der Waals surface area contributed by atoms with Crippen molar-refractivity contribution in [3.8, 4) is 0 Å². The maximum Gasteiger partial charge on any atom is 0.191 e. The smallest absolute Gasteiger partial charge is 0.191 e. The largest absolute Gasteiger partial charge is 0.372 e. The summed E-state index contributed by atoms with van der Waals surface area (Å²) in [6.07, 6.45) is 1.06. The summed E-state index contributed by atoms with van der Waals surface area (Å²) in [7, 11) is 1.81. The van der Waals surface area contributed by atoms with Gasteiger partial charge in [-0.25, -0.2) is 4.98 Å². The van der Waals surface area contributed by atoms with Crippen LogP contribution in [0.3, 0.4) is 0 Å². The van der Waals surface area contributed by atoms with Gasteiger partial charge < -0.3 is 15.5 Å². The second-order valence-electron chi connectivity index (χ2n) is 5.86. The highest BCUT2D eigenvalue weighted by atomic mass is 127. The van der Waals surface area contributed by atoms with Crippen molar-refractivity contribution in [3.05, 3.63) is 45.9 Å². The Balaban J connectivity index is 0.00000338. The molecule has 0 bridgehead atoms. The van der Waals surface area contributed by atoms with E-state index in [0.29, 0.717) is 0 Å². The number of para-hydroxylation sites is 1. The Morgan fingerprint density at radius 2 is 1.92 bits per heavy atom. The van der Waals surface area contributed by atoms with Crippen LogP contribution in [0.2, 0.25) is 0 Å². The average molecular weight is 487 g/mol. The minimum atomic E-state index is 0. The molecule has 2 aromatic rings. The standard InChI is InChI=1S/C19H29N5S.HI/c1-5-24(17-10-7-6-8-11-17)13-9-12-21-19(20-4)22-14-18-15(2)23-16(3)25-18;/h6-8,10-11H,5,9,12-14H2,1-4H3,(H2,20,21,22);1H. The number of aliphatic imine (C=N–C) groups is 1. The molecule has 0 spiro atoms. The van der Waals surface area contributed by atoms with E-state index in [9.17, 15) is 0 Å². The van der Waals surface area contributed by atoms with Crippen LogP contribution in [0, 0.1) is 13.8 Å². The Kier molecular flexibility index (Phi) is 10.6. The lowest BCUT2D eigenvalue weighted by molar-refractivity contribution is 0.709. The van der Waals surface area contributed by atoms with Crippen molar-refractivity contribution in [1.29, 1.82) is 0 Å². The zero-order valence-corrected chi connectivity index (χ0v) is 19.2. The van der Waals surface area contributed by atoms with Crippen LogP contribution in [0.5, 0.6) is 0 Å². The molecule has 0 radical (unpaired) electrons. The number of nitrogens with one attached hydrogen (secondary N) is 2. The third-order valence-corrected chi connectivity index (χ3v) is 5.11. The molecule has 0 saturated carbocycles. The zero-order chi connectivity index (χ0) is 18.1. The number of aryl methyl sites for hydroxylation is 2. The summed E-state index contributed by atoms with van der Waals surface area (Å²) in [6.45, 7) is 9.99. The molecule has 1 aromatic carbocycles. The Morgan fingerprint density at radius 1 is 1.19 bits per heavy atom. The predicted molar refractivity (Wildman–Crippen MR) is 124 cm³/mol. The lowest BCUT2D eigenvalue weighted by Crippen LogP contribution is -2.38. The lowest BCUT2D eigenvalue weighted by Gasteiger charge is -2.23. The van der Waals surface area contributed by atoms with Gasteiger partial charge in [0.05, 0.1) is 17.2 Å². The first-order valence-corrected chi connectivity index (χ1v) is 9.63. The van der Waals surface area contributed by atoms with E-state index in [1.54, 1.807) is 11.3 Å². The first kappa shape index (κ1) is 22.7. The Bertz CT molecular complexity index is 672. The number of aromatic nitrogens is 1.